The zero-order valence-electron chi connectivity index (χ0n) is 9.33. The van der Waals surface area contributed by atoms with Crippen molar-refractivity contribution in [3.05, 3.63) is 28.8 Å². The number of morpholine rings is 1. The van der Waals surface area contributed by atoms with E-state index in [-0.39, 0.29) is 6.10 Å². The van der Waals surface area contributed by atoms with E-state index in [1.54, 1.807) is 0 Å². The molecule has 0 radical (unpaired) electrons. The Labute approximate surface area is 101 Å². The van der Waals surface area contributed by atoms with Gasteiger partial charge in [-0.05, 0) is 24.6 Å². The van der Waals surface area contributed by atoms with Crippen LogP contribution in [0.25, 0.3) is 0 Å². The second-order valence-electron chi connectivity index (χ2n) is 3.69. The topological polar surface area (TPSA) is 30.5 Å². The fourth-order valence-corrected chi connectivity index (χ4v) is 2.01. The minimum Gasteiger partial charge on any atom is -0.492 e. The Hall–Kier alpha value is -0.770. The minimum absolute atomic E-state index is 0.0990. The third-order valence-electron chi connectivity index (χ3n) is 2.56. The normalized spacial score (nSPS) is 20.8. The third kappa shape index (κ3) is 2.67. The first kappa shape index (κ1) is 11.7. The van der Waals surface area contributed by atoms with Crippen LogP contribution in [0.5, 0.6) is 5.75 Å². The number of hydrogen-bond acceptors (Lipinski definition) is 3. The second-order valence-corrected chi connectivity index (χ2v) is 4.09. The van der Waals surface area contributed by atoms with Crippen LogP contribution in [0.2, 0.25) is 5.02 Å². The average molecular weight is 242 g/mol. The molecule has 1 atom stereocenters. The fraction of sp³-hybridized carbons (Fsp3) is 0.500. The van der Waals surface area contributed by atoms with E-state index in [9.17, 15) is 0 Å². The van der Waals surface area contributed by atoms with Crippen molar-refractivity contribution in [2.24, 2.45) is 0 Å². The first-order valence-electron chi connectivity index (χ1n) is 5.56. The van der Waals surface area contributed by atoms with Gasteiger partial charge in [0.2, 0.25) is 0 Å². The summed E-state index contributed by atoms with van der Waals surface area (Å²) < 4.78 is 11.0. The minimum atomic E-state index is 0.0990. The Morgan fingerprint density at radius 1 is 1.56 bits per heavy atom. The number of ether oxygens (including phenoxy) is 2. The van der Waals surface area contributed by atoms with Gasteiger partial charge < -0.3 is 14.8 Å². The van der Waals surface area contributed by atoms with Crippen LogP contribution in [-0.4, -0.2) is 26.3 Å². The van der Waals surface area contributed by atoms with Crippen LogP contribution in [-0.2, 0) is 4.74 Å². The Morgan fingerprint density at radius 2 is 2.44 bits per heavy atom. The zero-order valence-corrected chi connectivity index (χ0v) is 10.1. The molecule has 0 saturated carbocycles. The molecule has 0 aliphatic carbocycles. The largest absolute Gasteiger partial charge is 0.492 e. The molecule has 0 aromatic heterocycles. The molecule has 1 fully saturated rings. The molecule has 88 valence electrons. The van der Waals surface area contributed by atoms with Crippen LogP contribution in [0.1, 0.15) is 18.6 Å². The zero-order chi connectivity index (χ0) is 11.4. The Balaban J connectivity index is 2.13. The summed E-state index contributed by atoms with van der Waals surface area (Å²) >= 11 is 6.13. The quantitative estimate of drug-likeness (QED) is 0.882. The Bertz CT molecular complexity index is 351. The average Bonchev–Trinajstić information content (AvgIpc) is 2.33. The lowest BCUT2D eigenvalue weighted by molar-refractivity contribution is 0.0277. The highest BCUT2D eigenvalue weighted by Crippen LogP contribution is 2.29. The van der Waals surface area contributed by atoms with Crippen LogP contribution in [0.4, 0.5) is 0 Å². The van der Waals surface area contributed by atoms with E-state index < -0.39 is 0 Å². The Morgan fingerprint density at radius 3 is 3.06 bits per heavy atom. The Kier molecular flexibility index (Phi) is 4.04. The molecule has 1 aromatic rings. The molecular formula is C12H16ClNO2. The maximum absolute atomic E-state index is 6.13. The predicted octanol–water partition coefficient (Wildman–Crippen LogP) is 2.40. The van der Waals surface area contributed by atoms with Crippen LogP contribution in [0.3, 0.4) is 0 Å². The maximum Gasteiger partial charge on any atom is 0.137 e. The van der Waals surface area contributed by atoms with Crippen molar-refractivity contribution in [3.63, 3.8) is 0 Å². The van der Waals surface area contributed by atoms with Crippen molar-refractivity contribution in [2.45, 2.75) is 13.0 Å². The summed E-state index contributed by atoms with van der Waals surface area (Å²) in [5.74, 6) is 0.733. The fourth-order valence-electron chi connectivity index (χ4n) is 1.77. The van der Waals surface area contributed by atoms with E-state index in [0.29, 0.717) is 11.6 Å². The highest BCUT2D eigenvalue weighted by molar-refractivity contribution is 6.32. The first-order valence-corrected chi connectivity index (χ1v) is 5.93. The van der Waals surface area contributed by atoms with Crippen LogP contribution in [0.15, 0.2) is 18.2 Å². The van der Waals surface area contributed by atoms with Crippen LogP contribution in [0, 0.1) is 0 Å². The number of halogens is 1. The number of benzene rings is 1. The van der Waals surface area contributed by atoms with Gasteiger partial charge in [-0.1, -0.05) is 17.7 Å². The van der Waals surface area contributed by atoms with E-state index in [1.807, 2.05) is 25.1 Å². The van der Waals surface area contributed by atoms with Gasteiger partial charge in [-0.3, -0.25) is 0 Å². The molecule has 4 heteroatoms. The standard InChI is InChI=1S/C12H16ClNO2/c1-2-15-11-4-3-9(7-10(11)13)12-8-14-5-6-16-12/h3-4,7,12,14H,2,5-6,8H2,1H3. The molecule has 1 aliphatic heterocycles. The van der Waals surface area contributed by atoms with Gasteiger partial charge in [-0.25, -0.2) is 0 Å². The molecule has 1 aromatic carbocycles. The van der Waals surface area contributed by atoms with Crippen molar-refractivity contribution < 1.29 is 9.47 Å². The molecule has 2 rings (SSSR count). The molecule has 1 aliphatic rings. The smallest absolute Gasteiger partial charge is 0.137 e. The lowest BCUT2D eigenvalue weighted by Crippen LogP contribution is -2.33. The molecule has 0 spiro atoms. The molecule has 3 nitrogen and oxygen atoms in total. The van der Waals surface area contributed by atoms with Crippen molar-refractivity contribution in [1.29, 1.82) is 0 Å². The number of hydrogen-bond donors (Lipinski definition) is 1. The summed E-state index contributed by atoms with van der Waals surface area (Å²) in [6, 6.07) is 5.83. The molecule has 0 bridgehead atoms. The molecule has 1 saturated heterocycles. The van der Waals surface area contributed by atoms with Gasteiger partial charge in [-0.15, -0.1) is 0 Å². The van der Waals surface area contributed by atoms with Gasteiger partial charge >= 0.3 is 0 Å². The molecular weight excluding hydrogens is 226 g/mol. The van der Waals surface area contributed by atoms with E-state index in [1.165, 1.54) is 0 Å². The summed E-state index contributed by atoms with van der Waals surface area (Å²) in [4.78, 5) is 0. The lowest BCUT2D eigenvalue weighted by atomic mass is 10.1. The molecule has 16 heavy (non-hydrogen) atoms. The van der Waals surface area contributed by atoms with Crippen molar-refractivity contribution in [3.8, 4) is 5.75 Å². The number of rotatable bonds is 3. The van der Waals surface area contributed by atoms with Gasteiger partial charge in [0, 0.05) is 13.1 Å². The highest BCUT2D eigenvalue weighted by atomic mass is 35.5. The highest BCUT2D eigenvalue weighted by Gasteiger charge is 2.16. The summed E-state index contributed by atoms with van der Waals surface area (Å²) in [7, 11) is 0. The van der Waals surface area contributed by atoms with E-state index in [0.717, 1.165) is 31.0 Å². The lowest BCUT2D eigenvalue weighted by Gasteiger charge is -2.24. The van der Waals surface area contributed by atoms with Gasteiger partial charge in [0.15, 0.2) is 0 Å². The van der Waals surface area contributed by atoms with Crippen LogP contribution < -0.4 is 10.1 Å². The molecule has 1 heterocycles. The van der Waals surface area contributed by atoms with Crippen molar-refractivity contribution >= 4 is 11.6 Å². The summed E-state index contributed by atoms with van der Waals surface area (Å²) in [5.41, 5.74) is 1.10. The predicted molar refractivity (Wildman–Crippen MR) is 64.2 cm³/mol. The molecule has 1 unspecified atom stereocenters. The van der Waals surface area contributed by atoms with Crippen molar-refractivity contribution in [1.82, 2.24) is 5.32 Å². The summed E-state index contributed by atoms with van der Waals surface area (Å²) in [5, 5.41) is 3.94. The summed E-state index contributed by atoms with van der Waals surface area (Å²) in [6.07, 6.45) is 0.0990. The SMILES string of the molecule is CCOc1ccc(C2CNCCO2)cc1Cl. The second kappa shape index (κ2) is 5.53. The van der Waals surface area contributed by atoms with Crippen LogP contribution >= 0.6 is 11.6 Å². The van der Waals surface area contributed by atoms with Gasteiger partial charge in [0.05, 0.1) is 24.3 Å². The summed E-state index contributed by atoms with van der Waals surface area (Å²) in [6.45, 7) is 5.07. The van der Waals surface area contributed by atoms with E-state index in [2.05, 4.69) is 5.32 Å². The maximum atomic E-state index is 6.13. The monoisotopic (exact) mass is 241 g/mol. The van der Waals surface area contributed by atoms with Gasteiger partial charge in [0.25, 0.3) is 0 Å². The van der Waals surface area contributed by atoms with Gasteiger partial charge in [-0.2, -0.15) is 0 Å². The molecule has 1 N–H and O–H groups in total. The van der Waals surface area contributed by atoms with E-state index >= 15 is 0 Å². The van der Waals surface area contributed by atoms with Gasteiger partial charge in [0.1, 0.15) is 5.75 Å². The first-order chi connectivity index (χ1) is 7.81. The van der Waals surface area contributed by atoms with E-state index in [4.69, 9.17) is 21.1 Å². The molecule has 0 amide bonds. The third-order valence-corrected chi connectivity index (χ3v) is 2.85. The van der Waals surface area contributed by atoms with Crippen molar-refractivity contribution in [2.75, 3.05) is 26.3 Å². The number of nitrogens with one attached hydrogen (secondary N) is 1.